The predicted octanol–water partition coefficient (Wildman–Crippen LogP) is 0.562. The molecule has 0 unspecified atom stereocenters. The molecule has 0 spiro atoms. The van der Waals surface area contributed by atoms with E-state index < -0.39 is 8.60 Å². The summed E-state index contributed by atoms with van der Waals surface area (Å²) in [5, 5.41) is 0. The summed E-state index contributed by atoms with van der Waals surface area (Å²) >= 11 is 0. The first-order chi connectivity index (χ1) is 3.27. The smallest absolute Gasteiger partial charge is 0.327 e. The van der Waals surface area contributed by atoms with Crippen LogP contribution in [0.5, 0.6) is 0 Å². The lowest BCUT2D eigenvalue weighted by molar-refractivity contribution is 0.282. The predicted molar refractivity (Wildman–Crippen MR) is 32.5 cm³/mol. The molecule has 5 heteroatoms. The number of rotatable bonds is 3. The van der Waals surface area contributed by atoms with Crippen LogP contribution >= 0.6 is 8.60 Å². The van der Waals surface area contributed by atoms with E-state index in [0.717, 1.165) is 0 Å². The third-order valence-corrected chi connectivity index (χ3v) is 0.688. The fourth-order valence-electron chi connectivity index (χ4n) is 0.119. The third kappa shape index (κ3) is 9.38. The molecule has 0 atom stereocenters. The van der Waals surface area contributed by atoms with E-state index in [4.69, 9.17) is 9.79 Å². The fourth-order valence-corrected chi connectivity index (χ4v) is 0.358. The first kappa shape index (κ1) is 10.9. The van der Waals surface area contributed by atoms with Crippen LogP contribution in [-0.4, -0.2) is 16.4 Å². The average Bonchev–Trinajstić information content (AvgIpc) is 1.61. The number of hydrogen-bond acceptors (Lipinski definition) is 4. The summed E-state index contributed by atoms with van der Waals surface area (Å²) in [6.07, 6.45) is 1.45. The van der Waals surface area contributed by atoms with Gasteiger partial charge in [0.25, 0.3) is 0 Å². The second-order valence-corrected chi connectivity index (χ2v) is 1.60. The van der Waals surface area contributed by atoms with E-state index in [9.17, 15) is 0 Å². The highest BCUT2D eigenvalue weighted by Crippen LogP contribution is 2.23. The summed E-state index contributed by atoms with van der Waals surface area (Å²) in [5.41, 5.74) is 0. The highest BCUT2D eigenvalue weighted by atomic mass is 31.2. The van der Waals surface area contributed by atoms with Gasteiger partial charge in [-0.1, -0.05) is 6.08 Å². The molecule has 0 saturated carbocycles. The zero-order valence-corrected chi connectivity index (χ0v) is 5.34. The van der Waals surface area contributed by atoms with Gasteiger partial charge in [-0.05, 0) is 0 Å². The van der Waals surface area contributed by atoms with Crippen molar-refractivity contribution >= 4 is 8.60 Å². The van der Waals surface area contributed by atoms with Gasteiger partial charge in [0.2, 0.25) is 0 Å². The van der Waals surface area contributed by atoms with Crippen molar-refractivity contribution in [1.29, 1.82) is 0 Å². The van der Waals surface area contributed by atoms with E-state index in [2.05, 4.69) is 11.1 Å². The zero-order chi connectivity index (χ0) is 5.70. The molecule has 50 valence electrons. The first-order valence-electron chi connectivity index (χ1n) is 1.69. The highest BCUT2D eigenvalue weighted by molar-refractivity contribution is 7.39. The topological polar surface area (TPSA) is 84.7 Å². The van der Waals surface area contributed by atoms with E-state index in [1.165, 1.54) is 6.08 Å². The molecule has 0 aromatic rings. The molecule has 0 saturated heterocycles. The Morgan fingerprint density at radius 2 is 2.12 bits per heavy atom. The van der Waals surface area contributed by atoms with Gasteiger partial charge in [0, 0.05) is 0 Å². The molecular formula is C3H10NO3P. The molecule has 0 amide bonds. The average molecular weight is 139 g/mol. The molecule has 5 N–H and O–H groups in total. The van der Waals surface area contributed by atoms with Crippen molar-refractivity contribution in [2.75, 3.05) is 6.61 Å². The maximum Gasteiger partial charge on any atom is 0.327 e. The Morgan fingerprint density at radius 1 is 1.62 bits per heavy atom. The highest BCUT2D eigenvalue weighted by Gasteiger charge is 1.92. The maximum absolute atomic E-state index is 8.03. The number of hydrogen-bond donors (Lipinski definition) is 3. The van der Waals surface area contributed by atoms with Gasteiger partial charge < -0.3 is 20.5 Å². The Bertz CT molecular complexity index is 58.5. The van der Waals surface area contributed by atoms with Crippen molar-refractivity contribution < 1.29 is 14.3 Å². The molecule has 0 aliphatic rings. The van der Waals surface area contributed by atoms with Gasteiger partial charge in [-0.15, -0.1) is 6.58 Å². The van der Waals surface area contributed by atoms with Gasteiger partial charge in [0.15, 0.2) is 0 Å². The fraction of sp³-hybridized carbons (Fsp3) is 0.333. The Kier molecular flexibility index (Phi) is 9.55. The van der Waals surface area contributed by atoms with E-state index in [1.807, 2.05) is 0 Å². The zero-order valence-electron chi connectivity index (χ0n) is 4.45. The second kappa shape index (κ2) is 7.01. The summed E-state index contributed by atoms with van der Waals surface area (Å²) in [4.78, 5) is 16.1. The lowest BCUT2D eigenvalue weighted by Crippen LogP contribution is -1.80. The Hall–Kier alpha value is 0.0100. The van der Waals surface area contributed by atoms with Crippen LogP contribution in [0.25, 0.3) is 0 Å². The Balaban J connectivity index is 0. The van der Waals surface area contributed by atoms with E-state index in [-0.39, 0.29) is 12.8 Å². The van der Waals surface area contributed by atoms with Gasteiger partial charge in [0.1, 0.15) is 0 Å². The van der Waals surface area contributed by atoms with Crippen LogP contribution in [0.2, 0.25) is 0 Å². The minimum absolute atomic E-state index is 0. The summed E-state index contributed by atoms with van der Waals surface area (Å²) in [6.45, 7) is 3.49. The molecule has 0 aliphatic carbocycles. The summed E-state index contributed by atoms with van der Waals surface area (Å²) in [7, 11) is -2.18. The maximum atomic E-state index is 8.03. The molecule has 0 fully saturated rings. The molecule has 0 aliphatic heterocycles. The lowest BCUT2D eigenvalue weighted by atomic mass is 10.7. The first-order valence-corrected chi connectivity index (χ1v) is 2.85. The van der Waals surface area contributed by atoms with Gasteiger partial charge in [-0.3, -0.25) is 0 Å². The Labute approximate surface area is 49.4 Å². The van der Waals surface area contributed by atoms with Crippen molar-refractivity contribution in [1.82, 2.24) is 6.15 Å². The molecule has 0 radical (unpaired) electrons. The third-order valence-electron chi connectivity index (χ3n) is 0.308. The monoisotopic (exact) mass is 139 g/mol. The van der Waals surface area contributed by atoms with Crippen LogP contribution in [-0.2, 0) is 4.52 Å². The lowest BCUT2D eigenvalue weighted by Gasteiger charge is -1.96. The van der Waals surface area contributed by atoms with Gasteiger partial charge >= 0.3 is 8.60 Å². The van der Waals surface area contributed by atoms with Gasteiger partial charge in [-0.2, -0.15) is 0 Å². The van der Waals surface area contributed by atoms with Crippen LogP contribution in [0, 0.1) is 0 Å². The molecule has 0 aromatic carbocycles. The minimum Gasteiger partial charge on any atom is -0.344 e. The van der Waals surface area contributed by atoms with E-state index in [0.29, 0.717) is 0 Å². The Morgan fingerprint density at radius 3 is 2.25 bits per heavy atom. The van der Waals surface area contributed by atoms with Crippen LogP contribution in [0.15, 0.2) is 12.7 Å². The molecular weight excluding hydrogens is 129 g/mol. The van der Waals surface area contributed by atoms with Gasteiger partial charge in [0.05, 0.1) is 6.61 Å². The van der Waals surface area contributed by atoms with Crippen LogP contribution in [0.3, 0.4) is 0 Å². The van der Waals surface area contributed by atoms with Gasteiger partial charge in [-0.25, -0.2) is 0 Å². The normalized spacial score (nSPS) is 8.38. The van der Waals surface area contributed by atoms with Crippen LogP contribution in [0.1, 0.15) is 0 Å². The van der Waals surface area contributed by atoms with E-state index in [1.54, 1.807) is 0 Å². The minimum atomic E-state index is -2.18. The molecule has 0 rings (SSSR count). The summed E-state index contributed by atoms with van der Waals surface area (Å²) in [5.74, 6) is 0. The van der Waals surface area contributed by atoms with Crippen molar-refractivity contribution in [2.45, 2.75) is 0 Å². The van der Waals surface area contributed by atoms with Crippen molar-refractivity contribution in [3.8, 4) is 0 Å². The van der Waals surface area contributed by atoms with Crippen molar-refractivity contribution in [3.05, 3.63) is 12.7 Å². The van der Waals surface area contributed by atoms with Crippen LogP contribution < -0.4 is 6.15 Å². The van der Waals surface area contributed by atoms with Crippen molar-refractivity contribution in [3.63, 3.8) is 0 Å². The quantitative estimate of drug-likeness (QED) is 0.394. The molecule has 0 bridgehead atoms. The SMILES string of the molecule is C=CCOP(O)O.N. The molecule has 4 nitrogen and oxygen atoms in total. The molecule has 0 aromatic heterocycles. The summed E-state index contributed by atoms with van der Waals surface area (Å²) in [6, 6.07) is 0. The van der Waals surface area contributed by atoms with E-state index >= 15 is 0 Å². The largest absolute Gasteiger partial charge is 0.344 e. The summed E-state index contributed by atoms with van der Waals surface area (Å²) < 4.78 is 4.25. The van der Waals surface area contributed by atoms with Crippen molar-refractivity contribution in [2.24, 2.45) is 0 Å². The van der Waals surface area contributed by atoms with Crippen LogP contribution in [0.4, 0.5) is 0 Å². The standard InChI is InChI=1S/C3H7O3P.H3N/c1-2-3-6-7(4)5;/h2,4-5H,1,3H2;1H3. The second-order valence-electron chi connectivity index (χ2n) is 0.837. The molecule has 8 heavy (non-hydrogen) atoms. The molecule has 0 heterocycles.